The average molecular weight is 636 g/mol. The first-order valence-corrected chi connectivity index (χ1v) is 15.7. The largest absolute Gasteiger partial charge is 0.536 e. The Kier molecular flexibility index (Phi) is 8.51. The van der Waals surface area contributed by atoms with E-state index in [2.05, 4.69) is 35.0 Å². The summed E-state index contributed by atoms with van der Waals surface area (Å²) in [4.78, 5) is 44.5. The molecular weight excluding hydrogens is 613 g/mol. The molecule has 0 amide bonds. The zero-order chi connectivity index (χ0) is 30.4. The second-order valence-corrected chi connectivity index (χ2v) is 13.1. The SMILES string of the molecule is C[C@@]1(O)[C@H](O)[C@@H](CO)O[C@H]1n1cc(C#Cc2cccc(OP(=O)(O)OP(=O)(O)OP(=O)(O)O)c2)c2c(N)ncnc21. The molecule has 41 heavy (non-hydrogen) atoms. The van der Waals surface area contributed by atoms with E-state index in [0.717, 1.165) is 12.1 Å². The molecule has 1 saturated heterocycles. The van der Waals surface area contributed by atoms with Gasteiger partial charge in [-0.2, -0.15) is 8.62 Å². The van der Waals surface area contributed by atoms with Crippen molar-refractivity contribution in [3.63, 3.8) is 0 Å². The summed E-state index contributed by atoms with van der Waals surface area (Å²) in [5.74, 6) is 5.20. The number of hydrogen-bond donors (Lipinski definition) is 8. The molecule has 0 spiro atoms. The van der Waals surface area contributed by atoms with Crippen molar-refractivity contribution in [1.29, 1.82) is 0 Å². The number of hydrogen-bond acceptors (Lipinski definition) is 13. The maximum atomic E-state index is 12.1. The second-order valence-electron chi connectivity index (χ2n) is 8.75. The Morgan fingerprint density at radius 3 is 2.46 bits per heavy atom. The van der Waals surface area contributed by atoms with Crippen LogP contribution >= 0.6 is 23.5 Å². The zero-order valence-electron chi connectivity index (χ0n) is 20.7. The standard InChI is InChI=1S/C20H23N4O14P3/c1-20(27)16(26)14(9-25)35-19(20)24-8-12(15-17(21)22-10-23-18(15)24)6-5-11-3-2-4-13(7-11)36-40(31,32)38-41(33,34)37-39(28,29)30/h2-4,7-8,10,14,16,19,25-27H,9H2,1H3,(H,31,32)(H,33,34)(H2,21,22,23)(H2,28,29,30)/t14-,16-,19-,20-/m1/s1. The molecule has 0 aliphatic carbocycles. The Morgan fingerprint density at radius 2 is 1.83 bits per heavy atom. The minimum atomic E-state index is -5.70. The van der Waals surface area contributed by atoms with Gasteiger partial charge in [-0.25, -0.2) is 23.7 Å². The molecule has 3 aromatic rings. The highest BCUT2D eigenvalue weighted by molar-refractivity contribution is 7.66. The van der Waals surface area contributed by atoms with Gasteiger partial charge in [-0.05, 0) is 25.1 Å². The molecule has 1 aliphatic rings. The van der Waals surface area contributed by atoms with E-state index in [1.165, 1.54) is 36.1 Å². The fraction of sp³-hybridized carbons (Fsp3) is 0.300. The molecule has 1 aromatic carbocycles. The fourth-order valence-electron chi connectivity index (χ4n) is 3.97. The van der Waals surface area contributed by atoms with Crippen molar-refractivity contribution in [3.05, 3.63) is 47.9 Å². The van der Waals surface area contributed by atoms with E-state index in [4.69, 9.17) is 20.3 Å². The molecule has 1 aliphatic heterocycles. The van der Waals surface area contributed by atoms with Crippen LogP contribution in [-0.4, -0.2) is 73.8 Å². The van der Waals surface area contributed by atoms with Gasteiger partial charge in [-0.1, -0.05) is 17.9 Å². The minimum Gasteiger partial charge on any atom is -0.404 e. The van der Waals surface area contributed by atoms with Gasteiger partial charge in [-0.3, -0.25) is 4.89 Å². The zero-order valence-corrected chi connectivity index (χ0v) is 23.3. The number of nitrogen functional groups attached to an aromatic ring is 1. The van der Waals surface area contributed by atoms with Crippen LogP contribution in [0, 0.1) is 11.8 Å². The van der Waals surface area contributed by atoms with Crippen LogP contribution < -0.4 is 10.3 Å². The van der Waals surface area contributed by atoms with Gasteiger partial charge in [0, 0.05) is 11.8 Å². The fourth-order valence-corrected chi connectivity index (χ4v) is 6.99. The van der Waals surface area contributed by atoms with E-state index in [9.17, 15) is 38.8 Å². The van der Waals surface area contributed by atoms with E-state index in [1.54, 1.807) is 0 Å². The van der Waals surface area contributed by atoms with Gasteiger partial charge >= 0.3 is 23.5 Å². The van der Waals surface area contributed by atoms with Gasteiger partial charge in [0.15, 0.2) is 6.23 Å². The third kappa shape index (κ3) is 7.03. The lowest BCUT2D eigenvalue weighted by Gasteiger charge is -2.27. The van der Waals surface area contributed by atoms with Crippen molar-refractivity contribution in [2.45, 2.75) is 31.0 Å². The summed E-state index contributed by atoms with van der Waals surface area (Å²) in [6.07, 6.45) is -1.11. The number of fused-ring (bicyclic) bond motifs is 1. The number of nitrogens with two attached hydrogens (primary N) is 1. The van der Waals surface area contributed by atoms with Gasteiger partial charge in [0.25, 0.3) is 0 Å². The minimum absolute atomic E-state index is 0.0244. The van der Waals surface area contributed by atoms with Gasteiger partial charge in [0.05, 0.1) is 17.6 Å². The summed E-state index contributed by atoms with van der Waals surface area (Å²) >= 11 is 0. The number of ether oxygens (including phenoxy) is 1. The first-order valence-electron chi connectivity index (χ1n) is 11.2. The van der Waals surface area contributed by atoms with Crippen molar-refractivity contribution in [2.75, 3.05) is 12.3 Å². The van der Waals surface area contributed by atoms with Crippen molar-refractivity contribution >= 4 is 40.3 Å². The van der Waals surface area contributed by atoms with Crippen molar-refractivity contribution in [2.24, 2.45) is 0 Å². The van der Waals surface area contributed by atoms with Crippen LogP contribution in [0.5, 0.6) is 5.75 Å². The summed E-state index contributed by atoms with van der Waals surface area (Å²) < 4.78 is 53.6. The van der Waals surface area contributed by atoms with Crippen LogP contribution in [0.15, 0.2) is 36.8 Å². The van der Waals surface area contributed by atoms with E-state index >= 15 is 0 Å². The number of phosphoric ester groups is 1. The molecule has 0 bridgehead atoms. The molecule has 0 radical (unpaired) electrons. The van der Waals surface area contributed by atoms with Crippen LogP contribution in [0.3, 0.4) is 0 Å². The lowest BCUT2D eigenvalue weighted by atomic mass is 9.96. The highest BCUT2D eigenvalue weighted by Crippen LogP contribution is 2.66. The number of aliphatic hydroxyl groups is 3. The Balaban J connectivity index is 1.64. The molecule has 0 saturated carbocycles. The molecule has 1 fully saturated rings. The van der Waals surface area contributed by atoms with Crippen molar-refractivity contribution in [1.82, 2.24) is 14.5 Å². The normalized spacial score (nSPS) is 25.7. The van der Waals surface area contributed by atoms with Gasteiger partial charge in [0.1, 0.15) is 41.4 Å². The summed E-state index contributed by atoms with van der Waals surface area (Å²) in [6.45, 7) is 0.760. The number of rotatable bonds is 8. The molecular formula is C20H23N4O14P3. The number of anilines is 1. The van der Waals surface area contributed by atoms with E-state index in [1.807, 2.05) is 0 Å². The monoisotopic (exact) mass is 636 g/mol. The number of benzene rings is 1. The summed E-state index contributed by atoms with van der Waals surface area (Å²) in [6, 6.07) is 5.09. The second kappa shape index (κ2) is 11.2. The van der Waals surface area contributed by atoms with Gasteiger partial charge in [0.2, 0.25) is 0 Å². The van der Waals surface area contributed by atoms with Gasteiger partial charge in [-0.15, -0.1) is 0 Å². The summed E-state index contributed by atoms with van der Waals surface area (Å²) in [5.41, 5.74) is 4.83. The lowest BCUT2D eigenvalue weighted by molar-refractivity contribution is -0.0948. The van der Waals surface area contributed by atoms with Crippen LogP contribution in [-0.2, 0) is 27.1 Å². The van der Waals surface area contributed by atoms with Gasteiger partial charge < -0.3 is 49.6 Å². The maximum Gasteiger partial charge on any atom is 0.536 e. The molecule has 2 aromatic heterocycles. The van der Waals surface area contributed by atoms with E-state index < -0.39 is 54.1 Å². The lowest BCUT2D eigenvalue weighted by Crippen LogP contribution is -2.44. The Morgan fingerprint density at radius 1 is 1.12 bits per heavy atom. The maximum absolute atomic E-state index is 12.1. The molecule has 3 heterocycles. The molecule has 6 atom stereocenters. The molecule has 21 heteroatoms. The topological polar surface area (TPSA) is 286 Å². The van der Waals surface area contributed by atoms with E-state index in [-0.39, 0.29) is 33.7 Å². The van der Waals surface area contributed by atoms with E-state index in [0.29, 0.717) is 0 Å². The van der Waals surface area contributed by atoms with Crippen molar-refractivity contribution in [3.8, 4) is 17.6 Å². The molecule has 4 rings (SSSR count). The number of nitrogens with zero attached hydrogens (tertiary/aromatic N) is 3. The number of phosphoric acid groups is 3. The summed E-state index contributed by atoms with van der Waals surface area (Å²) in [5, 5.41) is 31.1. The Labute approximate surface area is 230 Å². The van der Waals surface area contributed by atoms with Crippen LogP contribution in [0.2, 0.25) is 0 Å². The predicted molar refractivity (Wildman–Crippen MR) is 136 cm³/mol. The van der Waals surface area contributed by atoms with Crippen LogP contribution in [0.4, 0.5) is 5.82 Å². The third-order valence-electron chi connectivity index (χ3n) is 5.64. The highest BCUT2D eigenvalue weighted by atomic mass is 31.3. The highest BCUT2D eigenvalue weighted by Gasteiger charge is 2.53. The smallest absolute Gasteiger partial charge is 0.404 e. The third-order valence-corrected chi connectivity index (χ3v) is 9.41. The predicted octanol–water partition coefficient (Wildman–Crippen LogP) is 0.120. The number of aliphatic hydroxyl groups excluding tert-OH is 2. The molecule has 2 unspecified atom stereocenters. The molecule has 9 N–H and O–H groups in total. The number of aromatic nitrogens is 3. The van der Waals surface area contributed by atoms with Crippen LogP contribution in [0.25, 0.3) is 11.0 Å². The van der Waals surface area contributed by atoms with Crippen LogP contribution in [0.1, 0.15) is 24.3 Å². The molecule has 222 valence electrons. The Hall–Kier alpha value is -2.71. The Bertz CT molecular complexity index is 1680. The average Bonchev–Trinajstić information content (AvgIpc) is 3.30. The first-order chi connectivity index (χ1) is 18.9. The molecule has 18 nitrogen and oxygen atoms in total. The van der Waals surface area contributed by atoms with Crippen molar-refractivity contribution < 1.29 is 66.5 Å². The first kappa shape index (κ1) is 31.2. The quantitative estimate of drug-likeness (QED) is 0.120. The summed E-state index contributed by atoms with van der Waals surface area (Å²) in [7, 11) is -16.7.